The maximum Gasteiger partial charge on any atom is 0.337 e. The van der Waals surface area contributed by atoms with Crippen LogP contribution in [0.2, 0.25) is 0 Å². The van der Waals surface area contributed by atoms with Crippen LogP contribution in [0.4, 0.5) is 5.69 Å². The van der Waals surface area contributed by atoms with Gasteiger partial charge >= 0.3 is 11.9 Å². The Kier molecular flexibility index (Phi) is 5.03. The molecular weight excluding hydrogens is 402 g/mol. The zero-order valence-corrected chi connectivity index (χ0v) is 17.1. The highest BCUT2D eigenvalue weighted by atomic mass is 32.1. The molecule has 7 nitrogen and oxygen atoms in total. The van der Waals surface area contributed by atoms with E-state index in [0.717, 1.165) is 22.9 Å². The molecule has 1 aliphatic heterocycles. The predicted octanol–water partition coefficient (Wildman–Crippen LogP) is 3.93. The first kappa shape index (κ1) is 19.7. The van der Waals surface area contributed by atoms with Gasteiger partial charge in [-0.2, -0.15) is 16.6 Å². The lowest BCUT2D eigenvalue weighted by atomic mass is 9.79. The second-order valence-electron chi connectivity index (χ2n) is 7.00. The summed E-state index contributed by atoms with van der Waals surface area (Å²) < 4.78 is 10.8. The van der Waals surface area contributed by atoms with E-state index in [1.165, 1.54) is 25.6 Å². The number of nitriles is 1. The predicted molar refractivity (Wildman–Crippen MR) is 110 cm³/mol. The molecule has 4 rings (SSSR count). The van der Waals surface area contributed by atoms with Crippen molar-refractivity contribution in [3.05, 3.63) is 63.1 Å². The fourth-order valence-corrected chi connectivity index (χ4v) is 4.90. The highest BCUT2D eigenvalue weighted by molar-refractivity contribution is 7.18. The minimum absolute atomic E-state index is 0.0673. The lowest BCUT2D eigenvalue weighted by Crippen LogP contribution is -2.34. The Labute approximate surface area is 177 Å². The van der Waals surface area contributed by atoms with Crippen LogP contribution < -0.4 is 5.32 Å². The summed E-state index contributed by atoms with van der Waals surface area (Å²) in [5, 5.41) is 15.4. The Bertz CT molecular complexity index is 1220. The van der Waals surface area contributed by atoms with Crippen LogP contribution in [-0.2, 0) is 19.1 Å². The number of carbonyl (C=O) groups excluding carboxylic acids is 2. The molecule has 1 atom stereocenters. The molecule has 1 aromatic heterocycles. The second-order valence-corrected chi connectivity index (χ2v) is 7.88. The minimum Gasteiger partial charge on any atom is -0.466 e. The number of rotatable bonds is 4. The molecule has 1 aliphatic carbocycles. The van der Waals surface area contributed by atoms with E-state index in [2.05, 4.69) is 16.2 Å². The average Bonchev–Trinajstić information content (AvgIpc) is 3.54. The molecule has 2 aromatic rings. The van der Waals surface area contributed by atoms with Crippen molar-refractivity contribution in [3.63, 3.8) is 0 Å². The van der Waals surface area contributed by atoms with E-state index in [1.807, 2.05) is 11.4 Å². The number of esters is 2. The van der Waals surface area contributed by atoms with E-state index in [1.54, 1.807) is 12.1 Å². The molecule has 0 radical (unpaired) electrons. The van der Waals surface area contributed by atoms with Crippen molar-refractivity contribution in [1.82, 2.24) is 5.32 Å². The number of nitrogens with zero attached hydrogens (tertiary/aromatic N) is 2. The number of fused-ring (bicyclic) bond motifs is 1. The van der Waals surface area contributed by atoms with Gasteiger partial charge in [-0.05, 0) is 35.1 Å². The van der Waals surface area contributed by atoms with Crippen LogP contribution in [0.15, 0.2) is 46.1 Å². The summed E-state index contributed by atoms with van der Waals surface area (Å²) in [6.45, 7) is 7.42. The molecule has 0 spiro atoms. The Balaban J connectivity index is 2.05. The molecule has 150 valence electrons. The van der Waals surface area contributed by atoms with E-state index >= 15 is 0 Å². The topological polar surface area (TPSA) is 92.8 Å². The van der Waals surface area contributed by atoms with Crippen molar-refractivity contribution in [2.24, 2.45) is 5.92 Å². The zero-order valence-electron chi connectivity index (χ0n) is 16.3. The highest BCUT2D eigenvalue weighted by Crippen LogP contribution is 2.49. The summed E-state index contributed by atoms with van der Waals surface area (Å²) in [4.78, 5) is 29.2. The highest BCUT2D eigenvalue weighted by Gasteiger charge is 2.44. The number of ether oxygens (including phenoxy) is 2. The maximum atomic E-state index is 12.9. The van der Waals surface area contributed by atoms with Gasteiger partial charge in [0.25, 0.3) is 0 Å². The fourth-order valence-electron chi connectivity index (χ4n) is 3.85. The first-order valence-corrected chi connectivity index (χ1v) is 10.1. The average molecular weight is 419 g/mol. The number of thiophene rings is 1. The summed E-state index contributed by atoms with van der Waals surface area (Å²) in [5.74, 6) is -1.98. The van der Waals surface area contributed by atoms with Crippen LogP contribution in [0, 0.1) is 23.8 Å². The molecule has 30 heavy (non-hydrogen) atoms. The third-order valence-corrected chi connectivity index (χ3v) is 6.38. The van der Waals surface area contributed by atoms with Crippen LogP contribution in [0.5, 0.6) is 0 Å². The van der Waals surface area contributed by atoms with E-state index in [9.17, 15) is 14.9 Å². The molecule has 1 aromatic carbocycles. The third kappa shape index (κ3) is 3.02. The monoisotopic (exact) mass is 419 g/mol. The number of hydrogen-bond acceptors (Lipinski definition) is 7. The van der Waals surface area contributed by atoms with Gasteiger partial charge in [0.15, 0.2) is 0 Å². The Morgan fingerprint density at radius 1 is 1.23 bits per heavy atom. The number of hydrogen-bond donors (Lipinski definition) is 1. The molecule has 2 heterocycles. The van der Waals surface area contributed by atoms with Gasteiger partial charge in [0.2, 0.25) is 5.69 Å². The molecule has 0 amide bonds. The normalized spacial score (nSPS) is 18.5. The third-order valence-electron chi connectivity index (χ3n) is 5.35. The minimum atomic E-state index is -0.828. The van der Waals surface area contributed by atoms with Crippen molar-refractivity contribution < 1.29 is 19.1 Å². The molecule has 0 bridgehead atoms. The van der Waals surface area contributed by atoms with Crippen LogP contribution in [0.25, 0.3) is 14.9 Å². The smallest absolute Gasteiger partial charge is 0.337 e. The largest absolute Gasteiger partial charge is 0.466 e. The Hall–Kier alpha value is -3.62. The number of methoxy groups -OCH3 is 2. The number of carbonyl (C=O) groups is 2. The van der Waals surface area contributed by atoms with Gasteiger partial charge in [0.05, 0.1) is 37.9 Å². The Morgan fingerprint density at radius 2 is 1.93 bits per heavy atom. The first-order valence-electron chi connectivity index (χ1n) is 9.25. The zero-order chi connectivity index (χ0) is 21.4. The standard InChI is InChI=1S/C22H17N3O4S/c1-24-14-6-4-5-12-13(10-30-20(12)14)16-17(21(26)28-2)15(9-23)25-19(11-7-8-11)18(16)22(27)29-3/h4-6,10-11,16,25H,7-8H2,2-3H3. The fraction of sp³-hybridized carbons (Fsp3) is 0.273. The van der Waals surface area contributed by atoms with Gasteiger partial charge in [-0.1, -0.05) is 18.2 Å². The van der Waals surface area contributed by atoms with Crippen molar-refractivity contribution in [2.75, 3.05) is 14.2 Å². The van der Waals surface area contributed by atoms with E-state index in [-0.39, 0.29) is 17.2 Å². The van der Waals surface area contributed by atoms with Crippen LogP contribution in [-0.4, -0.2) is 26.2 Å². The molecule has 1 saturated carbocycles. The number of allylic oxidation sites excluding steroid dienone is 2. The van der Waals surface area contributed by atoms with Crippen molar-refractivity contribution >= 4 is 39.0 Å². The van der Waals surface area contributed by atoms with E-state index < -0.39 is 17.9 Å². The Morgan fingerprint density at radius 3 is 2.53 bits per heavy atom. The summed E-state index contributed by atoms with van der Waals surface area (Å²) in [6, 6.07) is 7.40. The maximum absolute atomic E-state index is 12.9. The summed E-state index contributed by atoms with van der Waals surface area (Å²) >= 11 is 1.37. The van der Waals surface area contributed by atoms with Gasteiger partial charge in [-0.3, -0.25) is 0 Å². The summed E-state index contributed by atoms with van der Waals surface area (Å²) in [6.07, 6.45) is 1.77. The van der Waals surface area contributed by atoms with Crippen molar-refractivity contribution in [3.8, 4) is 6.07 Å². The summed E-state index contributed by atoms with van der Waals surface area (Å²) in [7, 11) is 2.53. The first-order chi connectivity index (χ1) is 14.5. The molecule has 1 N–H and O–H groups in total. The van der Waals surface area contributed by atoms with Gasteiger partial charge < -0.3 is 14.8 Å². The SMILES string of the molecule is [C-]#[N+]c1cccc2c(C3C(C(=O)OC)=C(C#N)NC(C4CC4)=C3C(=O)OC)csc12. The second kappa shape index (κ2) is 7.66. The van der Waals surface area contributed by atoms with Gasteiger partial charge in [0.1, 0.15) is 11.8 Å². The van der Waals surface area contributed by atoms with Crippen LogP contribution in [0.3, 0.4) is 0 Å². The molecule has 2 aliphatic rings. The summed E-state index contributed by atoms with van der Waals surface area (Å²) in [5.41, 5.74) is 2.24. The van der Waals surface area contributed by atoms with Crippen molar-refractivity contribution in [2.45, 2.75) is 18.8 Å². The van der Waals surface area contributed by atoms with E-state index in [4.69, 9.17) is 16.0 Å². The number of benzene rings is 1. The molecule has 1 fully saturated rings. The van der Waals surface area contributed by atoms with Crippen LogP contribution in [0.1, 0.15) is 24.3 Å². The lowest BCUT2D eigenvalue weighted by molar-refractivity contribution is -0.137. The number of nitrogens with one attached hydrogen (secondary N) is 1. The van der Waals surface area contributed by atoms with Gasteiger partial charge in [-0.25, -0.2) is 14.4 Å². The molecule has 1 unspecified atom stereocenters. The van der Waals surface area contributed by atoms with E-state index in [0.29, 0.717) is 22.5 Å². The van der Waals surface area contributed by atoms with Crippen molar-refractivity contribution in [1.29, 1.82) is 5.26 Å². The molecule has 0 saturated heterocycles. The quantitative estimate of drug-likeness (QED) is 0.596. The molecule has 8 heteroatoms. The number of dihydropyridines is 1. The lowest BCUT2D eigenvalue weighted by Gasteiger charge is -2.30. The molecular formula is C22H17N3O4S. The van der Waals surface area contributed by atoms with Crippen LogP contribution >= 0.6 is 11.3 Å². The van der Waals surface area contributed by atoms with Gasteiger partial charge in [-0.15, -0.1) is 0 Å². The van der Waals surface area contributed by atoms with Gasteiger partial charge in [0, 0.05) is 10.4 Å².